The van der Waals surface area contributed by atoms with Crippen LogP contribution in [-0.2, 0) is 0 Å². The zero-order valence-electron chi connectivity index (χ0n) is 6.32. The van der Waals surface area contributed by atoms with Crippen molar-refractivity contribution in [2.24, 2.45) is 0 Å². The van der Waals surface area contributed by atoms with Gasteiger partial charge in [0, 0.05) is 0 Å². The van der Waals surface area contributed by atoms with Crippen molar-refractivity contribution in [1.29, 1.82) is 0 Å². The van der Waals surface area contributed by atoms with Gasteiger partial charge in [0.15, 0.2) is 0 Å². The molecule has 0 saturated carbocycles. The molecule has 8 heavy (non-hydrogen) atoms. The van der Waals surface area contributed by atoms with Crippen molar-refractivity contribution in [2.75, 3.05) is 0 Å². The van der Waals surface area contributed by atoms with Crippen LogP contribution in [0.15, 0.2) is 0 Å². The Morgan fingerprint density at radius 3 is 1.88 bits per heavy atom. The van der Waals surface area contributed by atoms with Crippen LogP contribution in [0.4, 0.5) is 0 Å². The predicted molar refractivity (Wildman–Crippen MR) is 40.6 cm³/mol. The Balaban J connectivity index is 3.37. The summed E-state index contributed by atoms with van der Waals surface area (Å²) in [5.74, 6) is 0. The monoisotopic (exact) mass is 230 g/mol. The summed E-state index contributed by atoms with van der Waals surface area (Å²) in [4.78, 5) is 0. The van der Waals surface area contributed by atoms with E-state index in [1.54, 1.807) is 0 Å². The second-order valence-corrected chi connectivity index (χ2v) is 8.17. The van der Waals surface area contributed by atoms with Gasteiger partial charge in [0.2, 0.25) is 0 Å². The van der Waals surface area contributed by atoms with Gasteiger partial charge in [0.05, 0.1) is 0 Å². The van der Waals surface area contributed by atoms with Crippen LogP contribution >= 0.6 is 0 Å². The molecule has 0 aliphatic carbocycles. The van der Waals surface area contributed by atoms with Crippen LogP contribution in [0.1, 0.15) is 34.1 Å². The first-order valence-electron chi connectivity index (χ1n) is 3.26. The van der Waals surface area contributed by atoms with Gasteiger partial charge in [0.25, 0.3) is 0 Å². The Morgan fingerprint density at radius 2 is 1.75 bits per heavy atom. The maximum atomic E-state index is 2.39. The molecule has 1 heteroatoms. The Morgan fingerprint density at radius 1 is 1.25 bits per heavy atom. The van der Waals surface area contributed by atoms with E-state index >= 15 is 0 Å². The first kappa shape index (κ1) is 8.79. The molecule has 0 radical (unpaired) electrons. The van der Waals surface area contributed by atoms with E-state index in [9.17, 15) is 0 Å². The molecule has 0 amide bonds. The van der Waals surface area contributed by atoms with Crippen molar-refractivity contribution >= 4 is 20.9 Å². The molecule has 50 valence electrons. The summed E-state index contributed by atoms with van der Waals surface area (Å²) in [5.41, 5.74) is 0. The van der Waals surface area contributed by atoms with Gasteiger partial charge >= 0.3 is 63.0 Å². The molecule has 0 spiro atoms. The summed E-state index contributed by atoms with van der Waals surface area (Å²) in [6.07, 6.45) is 1.36. The summed E-state index contributed by atoms with van der Waals surface area (Å²) >= 11 is 0.321. The Labute approximate surface area is 63.1 Å². The van der Waals surface area contributed by atoms with Gasteiger partial charge in [-0.3, -0.25) is 0 Å². The third kappa shape index (κ3) is 3.75. The molecular formula is C7H16Te. The van der Waals surface area contributed by atoms with E-state index in [0.717, 1.165) is 3.46 Å². The molecule has 0 saturated heterocycles. The second-order valence-electron chi connectivity index (χ2n) is 2.55. The van der Waals surface area contributed by atoms with Gasteiger partial charge in [-0.15, -0.1) is 0 Å². The van der Waals surface area contributed by atoms with Crippen molar-refractivity contribution in [2.45, 2.75) is 42.0 Å². The average Bonchev–Trinajstić information content (AvgIpc) is 1.67. The van der Waals surface area contributed by atoms with Gasteiger partial charge in [-0.25, -0.2) is 0 Å². The van der Waals surface area contributed by atoms with Crippen LogP contribution in [-0.4, -0.2) is 20.9 Å². The molecule has 0 aliphatic rings. The average molecular weight is 228 g/mol. The first-order valence-corrected chi connectivity index (χ1v) is 6.07. The van der Waals surface area contributed by atoms with E-state index in [-0.39, 0.29) is 0 Å². The fourth-order valence-corrected chi connectivity index (χ4v) is 3.31. The molecule has 0 aromatic carbocycles. The van der Waals surface area contributed by atoms with E-state index in [0.29, 0.717) is 20.9 Å². The number of hydrogen-bond donors (Lipinski definition) is 0. The molecule has 0 heterocycles. The zero-order chi connectivity index (χ0) is 6.62. The molecule has 0 fully saturated rings. The molecule has 0 bridgehead atoms. The molecule has 0 nitrogen and oxygen atoms in total. The van der Waals surface area contributed by atoms with Crippen LogP contribution in [0.25, 0.3) is 0 Å². The van der Waals surface area contributed by atoms with Gasteiger partial charge in [-0.1, -0.05) is 0 Å². The number of hydrogen-bond acceptors (Lipinski definition) is 0. The minimum atomic E-state index is 0.321. The Kier molecular flexibility index (Phi) is 4.12. The van der Waals surface area contributed by atoms with E-state index in [1.807, 2.05) is 0 Å². The van der Waals surface area contributed by atoms with Crippen molar-refractivity contribution in [3.63, 3.8) is 0 Å². The van der Waals surface area contributed by atoms with Crippen molar-refractivity contribution in [1.82, 2.24) is 0 Å². The summed E-state index contributed by atoms with van der Waals surface area (Å²) < 4.78 is 2.17. The van der Waals surface area contributed by atoms with Crippen LogP contribution in [0.5, 0.6) is 0 Å². The molecule has 0 N–H and O–H groups in total. The standard InChI is InChI=1S/C7H16Te/c1-5-7(3,4)8-6-2/h5-6H2,1-4H3. The quantitative estimate of drug-likeness (QED) is 0.651. The van der Waals surface area contributed by atoms with E-state index in [2.05, 4.69) is 27.7 Å². The first-order chi connectivity index (χ1) is 3.62. The predicted octanol–water partition coefficient (Wildman–Crippen LogP) is 2.74. The fraction of sp³-hybridized carbons (Fsp3) is 1.00. The molecule has 0 aliphatic heterocycles. The number of rotatable bonds is 3. The molecule has 0 rings (SSSR count). The van der Waals surface area contributed by atoms with Gasteiger partial charge in [-0.2, -0.15) is 0 Å². The van der Waals surface area contributed by atoms with Crippen LogP contribution < -0.4 is 0 Å². The minimum absolute atomic E-state index is 0.321. The Hall–Kier alpha value is 0.790. The van der Waals surface area contributed by atoms with Crippen molar-refractivity contribution in [3.8, 4) is 0 Å². The molecule has 0 aromatic rings. The molecule has 0 unspecified atom stereocenters. The summed E-state index contributed by atoms with van der Waals surface area (Å²) in [5, 5.41) is 0. The van der Waals surface area contributed by atoms with Gasteiger partial charge in [-0.05, 0) is 0 Å². The van der Waals surface area contributed by atoms with E-state index in [1.165, 1.54) is 10.9 Å². The summed E-state index contributed by atoms with van der Waals surface area (Å²) in [6, 6.07) is 0. The summed E-state index contributed by atoms with van der Waals surface area (Å²) in [7, 11) is 0. The van der Waals surface area contributed by atoms with Crippen molar-refractivity contribution < 1.29 is 0 Å². The molecule has 0 aromatic heterocycles. The SMILES string of the molecule is CC[Te]C(C)(C)CC. The zero-order valence-corrected chi connectivity index (χ0v) is 8.65. The van der Waals surface area contributed by atoms with Crippen LogP contribution in [0.2, 0.25) is 7.93 Å². The van der Waals surface area contributed by atoms with Crippen LogP contribution in [0, 0.1) is 0 Å². The normalized spacial score (nSPS) is 12.0. The topological polar surface area (TPSA) is 0 Å². The second kappa shape index (κ2) is 3.75. The molecule has 0 atom stereocenters. The molecular weight excluding hydrogens is 212 g/mol. The van der Waals surface area contributed by atoms with Gasteiger partial charge in [0.1, 0.15) is 0 Å². The fourth-order valence-electron chi connectivity index (χ4n) is 0.493. The van der Waals surface area contributed by atoms with E-state index in [4.69, 9.17) is 0 Å². The Bertz CT molecular complexity index is 57.4. The third-order valence-corrected chi connectivity index (χ3v) is 5.26. The third-order valence-electron chi connectivity index (χ3n) is 1.39. The van der Waals surface area contributed by atoms with Crippen LogP contribution in [0.3, 0.4) is 0 Å². The van der Waals surface area contributed by atoms with E-state index < -0.39 is 0 Å². The van der Waals surface area contributed by atoms with Crippen molar-refractivity contribution in [3.05, 3.63) is 0 Å². The van der Waals surface area contributed by atoms with Gasteiger partial charge < -0.3 is 0 Å². The maximum absolute atomic E-state index is 2.39. The summed E-state index contributed by atoms with van der Waals surface area (Å²) in [6.45, 7) is 9.37.